The van der Waals surface area contributed by atoms with Crippen LogP contribution in [0.2, 0.25) is 0 Å². The van der Waals surface area contributed by atoms with E-state index in [1.54, 1.807) is 6.26 Å². The maximum Gasteiger partial charge on any atom is 0.128 e. The van der Waals surface area contributed by atoms with E-state index in [2.05, 4.69) is 21.2 Å². The van der Waals surface area contributed by atoms with Gasteiger partial charge in [0.05, 0.1) is 6.26 Å². The molecule has 1 N–H and O–H groups in total. The maximum atomic E-state index is 13.8. The van der Waals surface area contributed by atoms with Crippen molar-refractivity contribution in [2.24, 2.45) is 0 Å². The van der Waals surface area contributed by atoms with Crippen LogP contribution in [0, 0.1) is 5.82 Å². The van der Waals surface area contributed by atoms with Crippen LogP contribution in [0.15, 0.2) is 39.4 Å². The Morgan fingerprint density at radius 3 is 3.11 bits per heavy atom. The molecular weight excluding hydrogens is 309 g/mol. The Labute approximate surface area is 120 Å². The second-order valence-electron chi connectivity index (χ2n) is 4.86. The third kappa shape index (κ3) is 2.74. The Kier molecular flexibility index (Phi) is 3.71. The van der Waals surface area contributed by atoms with Gasteiger partial charge in [-0.1, -0.05) is 22.0 Å². The largest absolute Gasteiger partial charge is 0.469 e. The van der Waals surface area contributed by atoms with Crippen molar-refractivity contribution >= 4 is 15.9 Å². The molecule has 0 saturated heterocycles. The quantitative estimate of drug-likeness (QED) is 0.908. The van der Waals surface area contributed by atoms with Crippen LogP contribution in [0.3, 0.4) is 0 Å². The molecule has 0 bridgehead atoms. The minimum Gasteiger partial charge on any atom is -0.469 e. The van der Waals surface area contributed by atoms with E-state index in [-0.39, 0.29) is 11.9 Å². The fraction of sp³-hybridized carbons (Fsp3) is 0.333. The minimum absolute atomic E-state index is 0.176. The van der Waals surface area contributed by atoms with E-state index in [0.717, 1.165) is 29.5 Å². The highest BCUT2D eigenvalue weighted by atomic mass is 79.9. The molecule has 1 aliphatic carbocycles. The molecule has 2 aromatic rings. The van der Waals surface area contributed by atoms with Crippen LogP contribution in [0.5, 0.6) is 0 Å². The number of hydrogen-bond donors (Lipinski definition) is 1. The molecule has 0 radical (unpaired) electrons. The summed E-state index contributed by atoms with van der Waals surface area (Å²) in [4.78, 5) is 0. The van der Waals surface area contributed by atoms with Gasteiger partial charge in [0.1, 0.15) is 11.6 Å². The van der Waals surface area contributed by atoms with Crippen LogP contribution in [-0.2, 0) is 13.0 Å². The second-order valence-corrected chi connectivity index (χ2v) is 5.78. The van der Waals surface area contributed by atoms with Crippen LogP contribution in [0.1, 0.15) is 35.8 Å². The third-order valence-corrected chi connectivity index (χ3v) is 4.10. The van der Waals surface area contributed by atoms with Crippen LogP contribution in [0.25, 0.3) is 0 Å². The van der Waals surface area contributed by atoms with E-state index in [9.17, 15) is 4.39 Å². The fourth-order valence-corrected chi connectivity index (χ4v) is 2.93. The zero-order valence-electron chi connectivity index (χ0n) is 10.5. The summed E-state index contributed by atoms with van der Waals surface area (Å²) in [5, 5.41) is 3.43. The Bertz CT molecular complexity index is 581. The van der Waals surface area contributed by atoms with Crippen molar-refractivity contribution in [3.63, 3.8) is 0 Å². The van der Waals surface area contributed by atoms with Crippen molar-refractivity contribution in [3.8, 4) is 0 Å². The van der Waals surface area contributed by atoms with Crippen molar-refractivity contribution in [1.82, 2.24) is 5.32 Å². The Hall–Kier alpha value is -1.13. The van der Waals surface area contributed by atoms with Crippen LogP contribution >= 0.6 is 15.9 Å². The molecular formula is C15H15BrFNO. The predicted molar refractivity (Wildman–Crippen MR) is 75.3 cm³/mol. The van der Waals surface area contributed by atoms with Crippen LogP contribution in [0.4, 0.5) is 4.39 Å². The number of halogens is 2. The molecule has 0 saturated carbocycles. The summed E-state index contributed by atoms with van der Waals surface area (Å²) in [6.45, 7) is 0.536. The highest BCUT2D eigenvalue weighted by Crippen LogP contribution is 2.30. The van der Waals surface area contributed by atoms with E-state index in [1.807, 2.05) is 18.2 Å². The molecule has 1 heterocycles. The summed E-state index contributed by atoms with van der Waals surface area (Å²) >= 11 is 3.27. The van der Waals surface area contributed by atoms with Crippen LogP contribution in [-0.4, -0.2) is 0 Å². The molecule has 19 heavy (non-hydrogen) atoms. The first-order valence-electron chi connectivity index (χ1n) is 6.47. The maximum absolute atomic E-state index is 13.8. The normalized spacial score (nSPS) is 18.3. The lowest BCUT2D eigenvalue weighted by Crippen LogP contribution is -2.24. The molecule has 1 atom stereocenters. The van der Waals surface area contributed by atoms with Gasteiger partial charge in [0.15, 0.2) is 0 Å². The number of nitrogens with one attached hydrogen (secondary N) is 1. The SMILES string of the molecule is Fc1cc(Br)ccc1CNC1CCCc2occc21. The monoisotopic (exact) mass is 323 g/mol. The number of rotatable bonds is 3. The molecule has 0 amide bonds. The van der Waals surface area contributed by atoms with Crippen molar-refractivity contribution in [1.29, 1.82) is 0 Å². The van der Waals surface area contributed by atoms with Gasteiger partial charge in [-0.25, -0.2) is 4.39 Å². The topological polar surface area (TPSA) is 25.2 Å². The molecule has 4 heteroatoms. The van der Waals surface area contributed by atoms with Crippen molar-refractivity contribution in [2.75, 3.05) is 0 Å². The summed E-state index contributed by atoms with van der Waals surface area (Å²) in [6.07, 6.45) is 4.93. The number of hydrogen-bond acceptors (Lipinski definition) is 2. The van der Waals surface area contributed by atoms with Gasteiger partial charge in [-0.2, -0.15) is 0 Å². The zero-order chi connectivity index (χ0) is 13.2. The lowest BCUT2D eigenvalue weighted by molar-refractivity contribution is 0.408. The molecule has 0 spiro atoms. The Morgan fingerprint density at radius 2 is 2.26 bits per heavy atom. The first-order valence-corrected chi connectivity index (χ1v) is 7.27. The molecule has 3 rings (SSSR count). The number of furan rings is 1. The van der Waals surface area contributed by atoms with Gasteiger partial charge in [0, 0.05) is 34.6 Å². The van der Waals surface area contributed by atoms with E-state index >= 15 is 0 Å². The average Bonchev–Trinajstić information content (AvgIpc) is 2.86. The van der Waals surface area contributed by atoms with Crippen molar-refractivity contribution in [2.45, 2.75) is 31.8 Å². The molecule has 0 fully saturated rings. The molecule has 0 aliphatic heterocycles. The Morgan fingerprint density at radius 1 is 1.37 bits per heavy atom. The summed E-state index contributed by atoms with van der Waals surface area (Å²) in [6, 6.07) is 7.46. The van der Waals surface area contributed by atoms with E-state index < -0.39 is 0 Å². The predicted octanol–water partition coefficient (Wildman–Crippen LogP) is 4.35. The molecule has 100 valence electrons. The molecule has 1 aromatic heterocycles. The van der Waals surface area contributed by atoms with Gasteiger partial charge in [-0.05, 0) is 31.0 Å². The first-order chi connectivity index (χ1) is 9.24. The lowest BCUT2D eigenvalue weighted by atomic mass is 9.93. The summed E-state index contributed by atoms with van der Waals surface area (Å²) in [7, 11) is 0. The number of aryl methyl sites for hydroxylation is 1. The first kappa shape index (κ1) is 12.9. The Balaban J connectivity index is 1.71. The summed E-state index contributed by atoms with van der Waals surface area (Å²) in [5.41, 5.74) is 1.92. The van der Waals surface area contributed by atoms with Crippen molar-refractivity contribution in [3.05, 3.63) is 57.7 Å². The highest BCUT2D eigenvalue weighted by molar-refractivity contribution is 9.10. The summed E-state index contributed by atoms with van der Waals surface area (Å²) < 4.78 is 20.0. The van der Waals surface area contributed by atoms with E-state index in [1.165, 1.54) is 11.6 Å². The average molecular weight is 324 g/mol. The summed E-state index contributed by atoms with van der Waals surface area (Å²) in [5.74, 6) is 0.894. The second kappa shape index (κ2) is 5.47. The number of fused-ring (bicyclic) bond motifs is 1. The fourth-order valence-electron chi connectivity index (χ4n) is 2.60. The highest BCUT2D eigenvalue weighted by Gasteiger charge is 2.22. The van der Waals surface area contributed by atoms with Crippen LogP contribution < -0.4 is 5.32 Å². The van der Waals surface area contributed by atoms with Gasteiger partial charge in [0.2, 0.25) is 0 Å². The van der Waals surface area contributed by atoms with Crippen molar-refractivity contribution < 1.29 is 8.81 Å². The molecule has 2 nitrogen and oxygen atoms in total. The van der Waals surface area contributed by atoms with E-state index in [0.29, 0.717) is 12.1 Å². The van der Waals surface area contributed by atoms with Gasteiger partial charge in [0.25, 0.3) is 0 Å². The zero-order valence-corrected chi connectivity index (χ0v) is 12.0. The van der Waals surface area contributed by atoms with E-state index in [4.69, 9.17) is 4.42 Å². The van der Waals surface area contributed by atoms with Gasteiger partial charge >= 0.3 is 0 Å². The smallest absolute Gasteiger partial charge is 0.128 e. The molecule has 1 unspecified atom stereocenters. The lowest BCUT2D eigenvalue weighted by Gasteiger charge is -2.23. The standard InChI is InChI=1S/C15H15BrFNO/c16-11-5-4-10(13(17)8-11)9-18-14-2-1-3-15-12(14)6-7-19-15/h4-8,14,18H,1-3,9H2. The van der Waals surface area contributed by atoms with Gasteiger partial charge in [-0.15, -0.1) is 0 Å². The minimum atomic E-state index is -0.176. The van der Waals surface area contributed by atoms with Gasteiger partial charge in [-0.3, -0.25) is 0 Å². The molecule has 1 aromatic carbocycles. The third-order valence-electron chi connectivity index (χ3n) is 3.61. The number of benzene rings is 1. The molecule has 1 aliphatic rings. The van der Waals surface area contributed by atoms with Gasteiger partial charge < -0.3 is 9.73 Å².